The van der Waals surface area contributed by atoms with Crippen LogP contribution < -0.4 is 19.6 Å². The number of hydrogen-bond acceptors (Lipinski definition) is 8. The highest BCUT2D eigenvalue weighted by molar-refractivity contribution is 7.92. The fourth-order valence-electron chi connectivity index (χ4n) is 4.46. The van der Waals surface area contributed by atoms with Crippen molar-refractivity contribution in [3.63, 3.8) is 0 Å². The molecule has 11 heteroatoms. The summed E-state index contributed by atoms with van der Waals surface area (Å²) < 4.78 is 34.2. The van der Waals surface area contributed by atoms with E-state index in [1.165, 1.54) is 5.00 Å². The van der Waals surface area contributed by atoms with Crippen LogP contribution in [0.4, 0.5) is 10.7 Å². The average Bonchev–Trinajstić information content (AvgIpc) is 3.70. The lowest BCUT2D eigenvalue weighted by Gasteiger charge is -2.20. The van der Waals surface area contributed by atoms with Gasteiger partial charge in [0, 0.05) is 51.9 Å². The third-order valence-electron chi connectivity index (χ3n) is 6.49. The van der Waals surface area contributed by atoms with Gasteiger partial charge in [0.15, 0.2) is 11.5 Å². The van der Waals surface area contributed by atoms with E-state index in [2.05, 4.69) is 114 Å². The molecule has 0 radical (unpaired) electrons. The molecule has 0 saturated carbocycles. The van der Waals surface area contributed by atoms with Crippen LogP contribution in [-0.2, 0) is 15.4 Å². The number of benzene rings is 1. The Morgan fingerprint density at radius 1 is 1.09 bits per heavy atom. The fourth-order valence-corrected chi connectivity index (χ4v) is 6.08. The third-order valence-corrected chi connectivity index (χ3v) is 8.17. The maximum Gasteiger partial charge on any atom is 0.229 e. The number of thiophene rings is 1. The van der Waals surface area contributed by atoms with Crippen molar-refractivity contribution in [1.29, 1.82) is 0 Å². The second-order valence-electron chi connectivity index (χ2n) is 11.1. The number of terminal acetylenes is 1. The van der Waals surface area contributed by atoms with Crippen LogP contribution in [-0.4, -0.2) is 47.6 Å². The molecule has 0 aliphatic rings. The average molecular weight is 639 g/mol. The maximum atomic E-state index is 12.2. The third kappa shape index (κ3) is 8.37. The van der Waals surface area contributed by atoms with E-state index >= 15 is 0 Å². The first-order chi connectivity index (χ1) is 21.4. The van der Waals surface area contributed by atoms with Gasteiger partial charge in [-0.2, -0.15) is 9.61 Å². The predicted molar refractivity (Wildman–Crippen MR) is 182 cm³/mol. The Morgan fingerprint density at radius 3 is 2.53 bits per heavy atom. The topological polar surface area (TPSA) is 102 Å². The van der Waals surface area contributed by atoms with Gasteiger partial charge in [-0.3, -0.25) is 4.72 Å². The summed E-state index contributed by atoms with van der Waals surface area (Å²) in [5.41, 5.74) is 1.78. The number of nitrogens with zero attached hydrogens (tertiary/aromatic N) is 5. The minimum Gasteiger partial charge on any atom is -0.407 e. The minimum atomic E-state index is -3.62. The highest BCUT2D eigenvalue weighted by Gasteiger charge is 2.25. The Morgan fingerprint density at radius 2 is 1.84 bits per heavy atom. The Bertz CT molecular complexity index is 2100. The van der Waals surface area contributed by atoms with Gasteiger partial charge < -0.3 is 9.64 Å². The molecule has 230 valence electrons. The van der Waals surface area contributed by atoms with E-state index in [0.717, 1.165) is 48.0 Å². The van der Waals surface area contributed by atoms with Gasteiger partial charge in [-0.1, -0.05) is 34.1 Å². The Balaban J connectivity index is 1.83. The van der Waals surface area contributed by atoms with Crippen molar-refractivity contribution in [3.8, 4) is 65.2 Å². The number of nitrogens with one attached hydrogen (secondary N) is 1. The summed E-state index contributed by atoms with van der Waals surface area (Å²) in [7, 11) is -3.62. The molecular formula is C34H34N6O3S2. The van der Waals surface area contributed by atoms with Crippen LogP contribution >= 0.6 is 11.3 Å². The number of hydrogen-bond donors (Lipinski definition) is 1. The normalized spacial score (nSPS) is 11.4. The van der Waals surface area contributed by atoms with E-state index in [-0.39, 0.29) is 11.1 Å². The molecule has 0 aliphatic carbocycles. The number of fused-ring (bicyclic) bond motifs is 1. The van der Waals surface area contributed by atoms with Gasteiger partial charge in [0.05, 0.1) is 22.6 Å². The van der Waals surface area contributed by atoms with Crippen molar-refractivity contribution in [2.75, 3.05) is 29.0 Å². The Kier molecular flexibility index (Phi) is 10.4. The van der Waals surface area contributed by atoms with Crippen LogP contribution in [0.3, 0.4) is 0 Å². The minimum absolute atomic E-state index is 0.289. The second-order valence-corrected chi connectivity index (χ2v) is 13.9. The van der Waals surface area contributed by atoms with Gasteiger partial charge in [-0.25, -0.2) is 8.42 Å². The van der Waals surface area contributed by atoms with Crippen molar-refractivity contribution in [2.45, 2.75) is 52.9 Å². The number of ether oxygens (including phenoxy) is 1. The molecule has 1 N–H and O–H groups in total. The van der Waals surface area contributed by atoms with Gasteiger partial charge in [-0.05, 0) is 67.5 Å². The first kappa shape index (κ1) is 33.0. The first-order valence-corrected chi connectivity index (χ1v) is 17.0. The largest absolute Gasteiger partial charge is 0.407 e. The molecule has 0 unspecified atom stereocenters. The summed E-state index contributed by atoms with van der Waals surface area (Å²) in [4.78, 5) is 3.46. The summed E-state index contributed by atoms with van der Waals surface area (Å²) in [5, 5.41) is 16.0. The first-order valence-electron chi connectivity index (χ1n) is 14.3. The van der Waals surface area contributed by atoms with Crippen LogP contribution in [0, 0.1) is 48.1 Å². The van der Waals surface area contributed by atoms with Crippen LogP contribution in [0.1, 0.15) is 58.0 Å². The van der Waals surface area contributed by atoms with E-state index in [0.29, 0.717) is 22.8 Å². The van der Waals surface area contributed by atoms with E-state index in [1.54, 1.807) is 34.1 Å². The molecule has 3 aromatic heterocycles. The maximum absolute atomic E-state index is 12.2. The molecule has 4 aromatic rings. The zero-order valence-electron chi connectivity index (χ0n) is 26.1. The SMILES string of the molecule is C#CC#CC#CC#COc1ccc(NS(C)(=O)=O)c(-c2nnc3/c(=C\c4ccc(N(CC)CCCC)s4)c(C(C)(C)C)nn23)c1. The lowest BCUT2D eigenvalue weighted by atomic mass is 9.91. The molecule has 0 fully saturated rings. The van der Waals surface area contributed by atoms with Gasteiger partial charge in [0.1, 0.15) is 11.9 Å². The zero-order valence-corrected chi connectivity index (χ0v) is 27.8. The molecule has 0 aliphatic heterocycles. The zero-order chi connectivity index (χ0) is 32.6. The number of rotatable bonds is 10. The molecule has 0 atom stereocenters. The van der Waals surface area contributed by atoms with Gasteiger partial charge >= 0.3 is 0 Å². The van der Waals surface area contributed by atoms with Crippen molar-refractivity contribution >= 4 is 43.8 Å². The van der Waals surface area contributed by atoms with Crippen LogP contribution in [0.2, 0.25) is 0 Å². The second kappa shape index (κ2) is 14.2. The molecule has 0 bridgehead atoms. The highest BCUT2D eigenvalue weighted by atomic mass is 32.2. The summed E-state index contributed by atoms with van der Waals surface area (Å²) in [5.74, 6) is 15.2. The van der Waals surface area contributed by atoms with Crippen molar-refractivity contribution in [1.82, 2.24) is 19.8 Å². The molecule has 0 saturated heterocycles. The van der Waals surface area contributed by atoms with E-state index in [1.807, 2.05) is 0 Å². The molecule has 0 amide bonds. The molecule has 4 rings (SSSR count). The fraction of sp³-hybridized carbons (Fsp3) is 0.324. The Labute approximate surface area is 269 Å². The summed E-state index contributed by atoms with van der Waals surface area (Å²) in [6.07, 6.45) is 13.0. The number of unbranched alkanes of at least 4 members (excludes halogenated alkanes) is 1. The van der Waals surface area contributed by atoms with E-state index < -0.39 is 10.0 Å². The number of aromatic nitrogens is 4. The molecule has 3 heterocycles. The van der Waals surface area contributed by atoms with Crippen LogP contribution in [0.5, 0.6) is 5.75 Å². The lowest BCUT2D eigenvalue weighted by molar-refractivity contribution is 0.520. The van der Waals surface area contributed by atoms with Gasteiger partial charge in [0.2, 0.25) is 10.0 Å². The number of sulfonamides is 1. The molecule has 1 aromatic carbocycles. The monoisotopic (exact) mass is 638 g/mol. The summed E-state index contributed by atoms with van der Waals surface area (Å²) >= 11 is 1.72. The number of anilines is 2. The van der Waals surface area contributed by atoms with E-state index in [4.69, 9.17) is 16.3 Å². The van der Waals surface area contributed by atoms with Gasteiger partial charge in [-0.15, -0.1) is 28.0 Å². The van der Waals surface area contributed by atoms with Crippen molar-refractivity contribution in [2.24, 2.45) is 0 Å². The van der Waals surface area contributed by atoms with Gasteiger partial charge in [0.25, 0.3) is 0 Å². The highest BCUT2D eigenvalue weighted by Crippen LogP contribution is 2.32. The van der Waals surface area contributed by atoms with Crippen molar-refractivity contribution < 1.29 is 13.2 Å². The summed E-state index contributed by atoms with van der Waals surface area (Å²) in [6, 6.07) is 9.06. The predicted octanol–water partition coefficient (Wildman–Crippen LogP) is 4.68. The Hall–Kier alpha value is -4.94. The quantitative estimate of drug-likeness (QED) is 0.252. The standard InChI is InChI=1S/C34H34N6O3S2/c1-8-11-13-14-15-16-22-43-25-17-19-29(38-45(7,41)42)27(23-25)32-35-36-33-28(31(34(4,5)6)37-40(32)33)24-26-18-20-30(44-26)39(10-3)21-12-9-2/h1,17-20,23-24,38H,9-10,12,21H2,2-7H3/b28-24-. The molecule has 0 spiro atoms. The van der Waals surface area contributed by atoms with E-state index in [9.17, 15) is 8.42 Å². The molecule has 9 nitrogen and oxygen atoms in total. The summed E-state index contributed by atoms with van der Waals surface area (Å²) in [6.45, 7) is 12.6. The molecular weight excluding hydrogens is 605 g/mol. The lowest BCUT2D eigenvalue weighted by Crippen LogP contribution is -2.22. The smallest absolute Gasteiger partial charge is 0.229 e. The molecule has 45 heavy (non-hydrogen) atoms. The van der Waals surface area contributed by atoms with Crippen LogP contribution in [0.15, 0.2) is 30.3 Å². The van der Waals surface area contributed by atoms with Crippen molar-refractivity contribution in [3.05, 3.63) is 46.1 Å². The van der Waals surface area contributed by atoms with Crippen LogP contribution in [0.25, 0.3) is 23.1 Å².